The van der Waals surface area contributed by atoms with Crippen molar-refractivity contribution in [2.45, 2.75) is 6.61 Å². The summed E-state index contributed by atoms with van der Waals surface area (Å²) in [5.74, 6) is -0.241. The van der Waals surface area contributed by atoms with Gasteiger partial charge < -0.3 is 10.4 Å². The Labute approximate surface area is 175 Å². The molecule has 2 aromatic carbocycles. The molecule has 1 amide bonds. The van der Waals surface area contributed by atoms with E-state index in [1.807, 2.05) is 24.3 Å². The number of aliphatic hydroxyl groups excluding tert-OH is 1. The van der Waals surface area contributed by atoms with Gasteiger partial charge in [-0.2, -0.15) is 0 Å². The van der Waals surface area contributed by atoms with Crippen LogP contribution < -0.4 is 5.32 Å². The molecule has 2 N–H and O–H groups in total. The fourth-order valence-corrected chi connectivity index (χ4v) is 4.01. The molecule has 0 radical (unpaired) electrons. The van der Waals surface area contributed by atoms with E-state index in [0.29, 0.717) is 25.8 Å². The van der Waals surface area contributed by atoms with Crippen molar-refractivity contribution < 1.29 is 9.90 Å². The normalized spacial score (nSPS) is 16.9. The Morgan fingerprint density at radius 2 is 1.96 bits per heavy atom. The van der Waals surface area contributed by atoms with E-state index in [4.69, 9.17) is 23.2 Å². The van der Waals surface area contributed by atoms with E-state index in [9.17, 15) is 9.90 Å². The predicted molar refractivity (Wildman–Crippen MR) is 115 cm³/mol. The van der Waals surface area contributed by atoms with E-state index in [0.717, 1.165) is 22.0 Å². The number of nitrogens with one attached hydrogen (secondary N) is 1. The molecule has 0 bridgehead atoms. The van der Waals surface area contributed by atoms with Gasteiger partial charge in [0.25, 0.3) is 5.91 Å². The lowest BCUT2D eigenvalue weighted by Crippen LogP contribution is -2.19. The van der Waals surface area contributed by atoms with Gasteiger partial charge in [0.15, 0.2) is 5.17 Å². The molecule has 0 saturated carbocycles. The van der Waals surface area contributed by atoms with Crippen molar-refractivity contribution in [2.75, 3.05) is 0 Å². The predicted octanol–water partition coefficient (Wildman–Crippen LogP) is 4.93. The number of aliphatic hydroxyl groups is 1. The summed E-state index contributed by atoms with van der Waals surface area (Å²) < 4.78 is 0. The number of carbonyl (C=O) groups is 1. The number of thioether (sulfide) groups is 1. The Morgan fingerprint density at radius 1 is 1.18 bits per heavy atom. The molecular weight excluding hydrogens is 417 g/mol. The highest BCUT2D eigenvalue weighted by Crippen LogP contribution is 2.35. The van der Waals surface area contributed by atoms with Gasteiger partial charge in [0.2, 0.25) is 0 Å². The highest BCUT2D eigenvalue weighted by molar-refractivity contribution is 8.18. The molecule has 1 aromatic heterocycles. The van der Waals surface area contributed by atoms with Crippen molar-refractivity contribution in [3.63, 3.8) is 0 Å². The maximum atomic E-state index is 12.3. The summed E-state index contributed by atoms with van der Waals surface area (Å²) in [5.41, 5.74) is 2.82. The average molecular weight is 430 g/mol. The number of pyridine rings is 1. The summed E-state index contributed by atoms with van der Waals surface area (Å²) >= 11 is 13.5. The Kier molecular flexibility index (Phi) is 5.37. The van der Waals surface area contributed by atoms with Gasteiger partial charge in [-0.25, -0.2) is 4.99 Å². The zero-order valence-corrected chi connectivity index (χ0v) is 16.6. The first-order valence-electron chi connectivity index (χ1n) is 8.26. The minimum Gasteiger partial charge on any atom is -0.392 e. The molecular formula is C20H13Cl2N3O2S. The van der Waals surface area contributed by atoms with Crippen LogP contribution in [0.4, 0.5) is 5.69 Å². The fourth-order valence-electron chi connectivity index (χ4n) is 2.70. The second kappa shape index (κ2) is 7.93. The van der Waals surface area contributed by atoms with Crippen LogP contribution >= 0.6 is 35.0 Å². The molecule has 8 heteroatoms. The van der Waals surface area contributed by atoms with Crippen LogP contribution in [-0.2, 0) is 11.4 Å². The smallest absolute Gasteiger partial charge is 0.264 e. The number of fused-ring (bicyclic) bond motifs is 1. The van der Waals surface area contributed by atoms with Gasteiger partial charge in [-0.05, 0) is 59.3 Å². The number of amidine groups is 1. The Bertz CT molecular complexity index is 1140. The minimum absolute atomic E-state index is 0.0725. The third kappa shape index (κ3) is 3.91. The number of halogens is 2. The number of benzene rings is 2. The first-order valence-corrected chi connectivity index (χ1v) is 9.84. The standard InChI is InChI=1S/C20H13Cl2N3O2S/c21-14-2-1-3-15(22)18(14)24-20-25-19(27)17(28-20)8-11-4-5-16-13(6-11)7-12(10-26)9-23-16/h1-9,26H,10H2,(H,24,25,27)/b17-8+. The molecule has 2 heterocycles. The molecule has 0 aliphatic carbocycles. The largest absolute Gasteiger partial charge is 0.392 e. The van der Waals surface area contributed by atoms with Gasteiger partial charge >= 0.3 is 0 Å². The van der Waals surface area contributed by atoms with Crippen LogP contribution in [-0.4, -0.2) is 21.2 Å². The molecule has 3 aromatic rings. The number of nitrogens with zero attached hydrogens (tertiary/aromatic N) is 2. The first kappa shape index (κ1) is 19.0. The van der Waals surface area contributed by atoms with E-state index in [-0.39, 0.29) is 12.5 Å². The van der Waals surface area contributed by atoms with Gasteiger partial charge in [-0.15, -0.1) is 0 Å². The maximum absolute atomic E-state index is 12.3. The van der Waals surface area contributed by atoms with Crippen molar-refractivity contribution in [1.82, 2.24) is 10.3 Å². The number of para-hydroxylation sites is 1. The molecule has 1 fully saturated rings. The summed E-state index contributed by atoms with van der Waals surface area (Å²) in [7, 11) is 0. The number of hydrogen-bond donors (Lipinski definition) is 2. The lowest BCUT2D eigenvalue weighted by Gasteiger charge is -2.02. The summed E-state index contributed by atoms with van der Waals surface area (Å²) in [4.78, 5) is 21.5. The summed E-state index contributed by atoms with van der Waals surface area (Å²) in [6.45, 7) is -0.0725. The van der Waals surface area contributed by atoms with Crippen LogP contribution in [0.25, 0.3) is 17.0 Å². The third-order valence-corrected chi connectivity index (χ3v) is 5.56. The van der Waals surface area contributed by atoms with Crippen LogP contribution in [0.15, 0.2) is 58.6 Å². The van der Waals surface area contributed by atoms with E-state index >= 15 is 0 Å². The molecule has 140 valence electrons. The molecule has 1 aliphatic rings. The SMILES string of the molecule is O=C1NC(=Nc2c(Cl)cccc2Cl)S/C1=C/c1ccc2ncc(CO)cc2c1. The monoisotopic (exact) mass is 429 g/mol. The van der Waals surface area contributed by atoms with Gasteiger partial charge in [-0.3, -0.25) is 9.78 Å². The van der Waals surface area contributed by atoms with Crippen LogP contribution in [0.2, 0.25) is 10.0 Å². The van der Waals surface area contributed by atoms with Crippen molar-refractivity contribution in [1.29, 1.82) is 0 Å². The van der Waals surface area contributed by atoms with Crippen LogP contribution in [0.1, 0.15) is 11.1 Å². The van der Waals surface area contributed by atoms with Crippen molar-refractivity contribution in [3.8, 4) is 0 Å². The lowest BCUT2D eigenvalue weighted by atomic mass is 10.1. The number of aromatic nitrogens is 1. The van der Waals surface area contributed by atoms with Gasteiger partial charge in [0, 0.05) is 11.6 Å². The third-order valence-electron chi connectivity index (χ3n) is 4.04. The quantitative estimate of drug-likeness (QED) is 0.579. The summed E-state index contributed by atoms with van der Waals surface area (Å²) in [6.07, 6.45) is 3.42. The number of carbonyl (C=O) groups excluding carboxylic acids is 1. The zero-order valence-electron chi connectivity index (χ0n) is 14.3. The molecule has 0 atom stereocenters. The molecule has 4 rings (SSSR count). The Balaban J connectivity index is 1.64. The minimum atomic E-state index is -0.241. The zero-order chi connectivity index (χ0) is 19.7. The van der Waals surface area contributed by atoms with Gasteiger partial charge in [0.05, 0.1) is 27.1 Å². The second-order valence-corrected chi connectivity index (χ2v) is 7.85. The Hall–Kier alpha value is -2.38. The second-order valence-electron chi connectivity index (χ2n) is 6.01. The van der Waals surface area contributed by atoms with Crippen molar-refractivity contribution in [2.24, 2.45) is 4.99 Å². The van der Waals surface area contributed by atoms with Crippen LogP contribution in [0.3, 0.4) is 0 Å². The first-order chi connectivity index (χ1) is 13.5. The summed E-state index contributed by atoms with van der Waals surface area (Å²) in [6, 6.07) is 12.7. The number of rotatable bonds is 3. The topological polar surface area (TPSA) is 74.6 Å². The number of aliphatic imine (C=N–C) groups is 1. The van der Waals surface area contributed by atoms with E-state index in [1.165, 1.54) is 11.8 Å². The highest BCUT2D eigenvalue weighted by Gasteiger charge is 2.24. The van der Waals surface area contributed by atoms with E-state index < -0.39 is 0 Å². The van der Waals surface area contributed by atoms with E-state index in [1.54, 1.807) is 30.5 Å². The molecule has 0 unspecified atom stereocenters. The molecule has 5 nitrogen and oxygen atoms in total. The average Bonchev–Trinajstić information content (AvgIpc) is 3.03. The lowest BCUT2D eigenvalue weighted by molar-refractivity contribution is -0.115. The molecule has 1 saturated heterocycles. The number of amides is 1. The molecule has 28 heavy (non-hydrogen) atoms. The van der Waals surface area contributed by atoms with Gasteiger partial charge in [-0.1, -0.05) is 35.3 Å². The Morgan fingerprint density at radius 3 is 2.71 bits per heavy atom. The van der Waals surface area contributed by atoms with Crippen LogP contribution in [0, 0.1) is 0 Å². The highest BCUT2D eigenvalue weighted by atomic mass is 35.5. The van der Waals surface area contributed by atoms with Crippen molar-refractivity contribution >= 4 is 68.7 Å². The summed E-state index contributed by atoms with van der Waals surface area (Å²) in [5, 5.41) is 14.1. The fraction of sp³-hybridized carbons (Fsp3) is 0.0500. The van der Waals surface area contributed by atoms with E-state index in [2.05, 4.69) is 15.3 Å². The maximum Gasteiger partial charge on any atom is 0.264 e. The van der Waals surface area contributed by atoms with Crippen LogP contribution in [0.5, 0.6) is 0 Å². The molecule has 1 aliphatic heterocycles. The number of hydrogen-bond acceptors (Lipinski definition) is 5. The van der Waals surface area contributed by atoms with Gasteiger partial charge in [0.1, 0.15) is 5.69 Å². The molecule has 0 spiro atoms. The van der Waals surface area contributed by atoms with Crippen molar-refractivity contribution in [3.05, 3.63) is 74.7 Å².